The van der Waals surface area contributed by atoms with Gasteiger partial charge in [0.1, 0.15) is 12.3 Å². The van der Waals surface area contributed by atoms with Crippen LogP contribution >= 0.6 is 0 Å². The van der Waals surface area contributed by atoms with Crippen LogP contribution in [0.2, 0.25) is 0 Å². The first kappa shape index (κ1) is 23.1. The second-order valence-electron chi connectivity index (χ2n) is 11.2. The number of aryl methyl sites for hydroxylation is 1. The molecule has 0 radical (unpaired) electrons. The smallest absolute Gasteiger partial charge is 0.162 e. The summed E-state index contributed by atoms with van der Waals surface area (Å²) >= 11 is 0. The Morgan fingerprint density at radius 1 is 0.806 bits per heavy atom. The van der Waals surface area contributed by atoms with Gasteiger partial charge in [-0.3, -0.25) is 0 Å². The Bertz CT molecular complexity index is 772. The van der Waals surface area contributed by atoms with Crippen LogP contribution in [0.5, 0.6) is 0 Å². The van der Waals surface area contributed by atoms with Crippen LogP contribution < -0.4 is 0 Å². The van der Waals surface area contributed by atoms with E-state index in [-0.39, 0.29) is 25.8 Å². The number of halogens is 4. The van der Waals surface area contributed by atoms with Gasteiger partial charge >= 0.3 is 0 Å². The van der Waals surface area contributed by atoms with Gasteiger partial charge in [0.2, 0.25) is 0 Å². The molecule has 3 saturated carbocycles. The molecular formula is C27H42F4. The van der Waals surface area contributed by atoms with E-state index < -0.39 is 29.4 Å². The molecule has 1 aromatic carbocycles. The molecule has 4 atom stereocenters. The monoisotopic (exact) mass is 442 g/mol. The number of rotatable bonds is 3. The summed E-state index contributed by atoms with van der Waals surface area (Å²) < 4.78 is 59.6. The summed E-state index contributed by atoms with van der Waals surface area (Å²) in [5, 5.41) is 0. The molecule has 1 aromatic rings. The third-order valence-electron chi connectivity index (χ3n) is 9.33. The molecule has 0 heterocycles. The summed E-state index contributed by atoms with van der Waals surface area (Å²) in [6.07, 6.45) is 7.05. The first-order valence-corrected chi connectivity index (χ1v) is 12.5. The van der Waals surface area contributed by atoms with Crippen LogP contribution in [0.4, 0.5) is 17.6 Å². The van der Waals surface area contributed by atoms with Crippen LogP contribution in [0.3, 0.4) is 0 Å². The van der Waals surface area contributed by atoms with E-state index >= 15 is 8.78 Å². The normalized spacial score (nSPS) is 41.8. The average Bonchev–Trinajstić information content (AvgIpc) is 2.77. The highest BCUT2D eigenvalue weighted by Crippen LogP contribution is 2.51. The molecule has 3 aliphatic carbocycles. The third-order valence-corrected chi connectivity index (χ3v) is 9.33. The van der Waals surface area contributed by atoms with E-state index in [0.29, 0.717) is 12.8 Å². The SMILES string of the molecule is Cc1ccc(C2(C)CCC(C3CCC(C4CCC(C)CC4)CC3)C(F)C2F)c(F)c1F.[HH].[HH]. The number of alkyl halides is 2. The average molecular weight is 443 g/mol. The van der Waals surface area contributed by atoms with E-state index in [0.717, 1.165) is 43.4 Å². The highest BCUT2D eigenvalue weighted by molar-refractivity contribution is 5.33. The van der Waals surface area contributed by atoms with Crippen molar-refractivity contribution in [2.45, 2.75) is 103 Å². The molecule has 4 heteroatoms. The molecule has 4 rings (SSSR count). The zero-order chi connectivity index (χ0) is 22.3. The molecule has 0 nitrogen and oxygen atoms in total. The Hall–Kier alpha value is -1.06. The van der Waals surface area contributed by atoms with Gasteiger partial charge in [-0.05, 0) is 99.0 Å². The van der Waals surface area contributed by atoms with Gasteiger partial charge in [0, 0.05) is 8.27 Å². The lowest BCUT2D eigenvalue weighted by Gasteiger charge is -2.47. The zero-order valence-electron chi connectivity index (χ0n) is 19.3. The van der Waals surface area contributed by atoms with Gasteiger partial charge in [-0.25, -0.2) is 17.6 Å². The second kappa shape index (κ2) is 9.06. The minimum Gasteiger partial charge on any atom is -0.244 e. The zero-order valence-corrected chi connectivity index (χ0v) is 19.3. The van der Waals surface area contributed by atoms with Crippen molar-refractivity contribution in [1.29, 1.82) is 0 Å². The van der Waals surface area contributed by atoms with E-state index in [1.54, 1.807) is 6.92 Å². The second-order valence-corrected chi connectivity index (χ2v) is 11.2. The van der Waals surface area contributed by atoms with Crippen molar-refractivity contribution in [2.75, 3.05) is 0 Å². The Labute approximate surface area is 188 Å². The van der Waals surface area contributed by atoms with Gasteiger partial charge in [0.05, 0.1) is 0 Å². The maximum Gasteiger partial charge on any atom is 0.162 e. The first-order chi connectivity index (χ1) is 14.7. The molecule has 0 spiro atoms. The molecule has 0 aromatic heterocycles. The maximum absolute atomic E-state index is 15.5. The van der Waals surface area contributed by atoms with Gasteiger partial charge in [-0.15, -0.1) is 0 Å². The Morgan fingerprint density at radius 3 is 1.97 bits per heavy atom. The van der Waals surface area contributed by atoms with Crippen LogP contribution in [0, 0.1) is 48.1 Å². The van der Waals surface area contributed by atoms with Crippen molar-refractivity contribution < 1.29 is 20.4 Å². The highest BCUT2D eigenvalue weighted by atomic mass is 19.2. The molecule has 4 unspecified atom stereocenters. The van der Waals surface area contributed by atoms with Crippen molar-refractivity contribution in [3.63, 3.8) is 0 Å². The fourth-order valence-electron chi connectivity index (χ4n) is 7.00. The van der Waals surface area contributed by atoms with E-state index in [2.05, 4.69) is 6.92 Å². The van der Waals surface area contributed by atoms with E-state index in [4.69, 9.17) is 0 Å². The molecule has 0 amide bonds. The molecule has 0 N–H and O–H groups in total. The Morgan fingerprint density at radius 2 is 1.35 bits per heavy atom. The molecule has 0 aliphatic heterocycles. The fourth-order valence-corrected chi connectivity index (χ4v) is 7.00. The van der Waals surface area contributed by atoms with Gasteiger partial charge in [0.25, 0.3) is 0 Å². The van der Waals surface area contributed by atoms with Crippen molar-refractivity contribution in [1.82, 2.24) is 0 Å². The summed E-state index contributed by atoms with van der Waals surface area (Å²) in [5.74, 6) is 0.384. The van der Waals surface area contributed by atoms with Crippen LogP contribution in [-0.2, 0) is 5.41 Å². The van der Waals surface area contributed by atoms with Crippen LogP contribution in [-0.4, -0.2) is 12.3 Å². The molecular weight excluding hydrogens is 400 g/mol. The standard InChI is InChI=1S/C27H38F4.2H2/c1-16-4-7-18(8-5-16)19-9-11-20(12-10-19)21-14-15-27(3,26(31)24(21)29)22-13-6-17(2)23(28)25(22)30;;/h6,13,16,18-21,24,26H,4-5,7-12,14-15H2,1-3H3;2*1H. The minimum atomic E-state index is -1.81. The summed E-state index contributed by atoms with van der Waals surface area (Å²) in [6, 6.07) is 2.92. The topological polar surface area (TPSA) is 0 Å². The van der Waals surface area contributed by atoms with Crippen LogP contribution in [0.15, 0.2) is 12.1 Å². The molecule has 178 valence electrons. The predicted molar refractivity (Wildman–Crippen MR) is 122 cm³/mol. The first-order valence-electron chi connectivity index (χ1n) is 12.5. The molecule has 0 bridgehead atoms. The van der Waals surface area contributed by atoms with Crippen molar-refractivity contribution in [2.24, 2.45) is 29.6 Å². The van der Waals surface area contributed by atoms with Gasteiger partial charge in [0.15, 0.2) is 11.6 Å². The summed E-state index contributed by atoms with van der Waals surface area (Å²) in [5.41, 5.74) is -1.14. The quantitative estimate of drug-likeness (QED) is 0.410. The maximum atomic E-state index is 15.5. The van der Waals surface area contributed by atoms with Gasteiger partial charge in [-0.2, -0.15) is 0 Å². The van der Waals surface area contributed by atoms with E-state index in [9.17, 15) is 8.78 Å². The molecule has 3 fully saturated rings. The van der Waals surface area contributed by atoms with Crippen molar-refractivity contribution >= 4 is 0 Å². The van der Waals surface area contributed by atoms with Gasteiger partial charge in [-0.1, -0.05) is 38.8 Å². The van der Waals surface area contributed by atoms with Crippen molar-refractivity contribution in [3.8, 4) is 0 Å². The summed E-state index contributed by atoms with van der Waals surface area (Å²) in [6.45, 7) is 5.39. The summed E-state index contributed by atoms with van der Waals surface area (Å²) in [4.78, 5) is 0. The molecule has 31 heavy (non-hydrogen) atoms. The fraction of sp³-hybridized carbons (Fsp3) is 0.778. The lowest BCUT2D eigenvalue weighted by atomic mass is 9.60. The predicted octanol–water partition coefficient (Wildman–Crippen LogP) is 8.74. The lowest BCUT2D eigenvalue weighted by molar-refractivity contribution is -0.0259. The molecule has 0 saturated heterocycles. The third kappa shape index (κ3) is 4.29. The minimum absolute atomic E-state index is 0. The van der Waals surface area contributed by atoms with Crippen LogP contribution in [0.25, 0.3) is 0 Å². The van der Waals surface area contributed by atoms with Crippen molar-refractivity contribution in [3.05, 3.63) is 34.9 Å². The molecule has 3 aliphatic rings. The number of hydrogen-bond acceptors (Lipinski definition) is 0. The number of hydrogen-bond donors (Lipinski definition) is 0. The number of benzene rings is 1. The Balaban J connectivity index is 0.00000193. The Kier molecular flexibility index (Phi) is 6.75. The highest BCUT2D eigenvalue weighted by Gasteiger charge is 2.52. The van der Waals surface area contributed by atoms with E-state index in [1.807, 2.05) is 0 Å². The van der Waals surface area contributed by atoms with Crippen LogP contribution in [0.1, 0.15) is 92.0 Å². The van der Waals surface area contributed by atoms with Gasteiger partial charge < -0.3 is 0 Å². The van der Waals surface area contributed by atoms with E-state index in [1.165, 1.54) is 44.7 Å². The lowest BCUT2D eigenvalue weighted by Crippen LogP contribution is -2.50. The summed E-state index contributed by atoms with van der Waals surface area (Å²) in [7, 11) is 0. The largest absolute Gasteiger partial charge is 0.244 e.